The zero-order valence-corrected chi connectivity index (χ0v) is 19.4. The molecule has 0 fully saturated rings. The largest absolute Gasteiger partial charge is 0.457 e. The van der Waals surface area contributed by atoms with Crippen LogP contribution in [0.2, 0.25) is 0 Å². The Morgan fingerprint density at radius 2 is 1.91 bits per heavy atom. The number of hydrogen-bond acceptors (Lipinski definition) is 8. The summed E-state index contributed by atoms with van der Waals surface area (Å²) in [5, 5.41) is 12.6. The van der Waals surface area contributed by atoms with Crippen molar-refractivity contribution in [2.75, 3.05) is 32.6 Å². The second-order valence-electron chi connectivity index (χ2n) is 7.50. The third-order valence-corrected chi connectivity index (χ3v) is 6.89. The van der Waals surface area contributed by atoms with Crippen LogP contribution in [0.25, 0.3) is 11.0 Å². The molecule has 2 N–H and O–H groups in total. The van der Waals surface area contributed by atoms with Crippen molar-refractivity contribution in [1.82, 2.24) is 4.31 Å². The molecule has 176 valence electrons. The number of fused-ring (bicyclic) bond motifs is 1. The van der Waals surface area contributed by atoms with Gasteiger partial charge in [0.15, 0.2) is 0 Å². The fraction of sp³-hybridized carbons (Fsp3) is 0.304. The summed E-state index contributed by atoms with van der Waals surface area (Å²) in [7, 11) is -1.00. The van der Waals surface area contributed by atoms with Crippen molar-refractivity contribution >= 4 is 32.6 Å². The van der Waals surface area contributed by atoms with Crippen LogP contribution in [0.1, 0.15) is 28.4 Å². The maximum atomic E-state index is 12.9. The number of aliphatic hydroxyl groups excluding tert-OH is 1. The number of anilines is 1. The molecule has 0 saturated heterocycles. The highest BCUT2D eigenvalue weighted by Gasteiger charge is 2.22. The molecule has 0 spiro atoms. The quantitative estimate of drug-likeness (QED) is 0.358. The van der Waals surface area contributed by atoms with E-state index in [1.54, 1.807) is 12.1 Å². The molecule has 0 amide bonds. The number of carbonyl (C=O) groups is 1. The van der Waals surface area contributed by atoms with Crippen molar-refractivity contribution in [2.45, 2.75) is 24.8 Å². The number of nitrogens with zero attached hydrogens (tertiary/aromatic N) is 1. The van der Waals surface area contributed by atoms with Crippen LogP contribution in [0.4, 0.5) is 5.69 Å². The van der Waals surface area contributed by atoms with E-state index in [4.69, 9.17) is 14.3 Å². The molecule has 0 unspecified atom stereocenters. The number of aliphatic hydroxyl groups is 1. The van der Waals surface area contributed by atoms with Gasteiger partial charge in [-0.25, -0.2) is 22.3 Å². The van der Waals surface area contributed by atoms with Gasteiger partial charge in [0.25, 0.3) is 0 Å². The van der Waals surface area contributed by atoms with Crippen molar-refractivity contribution in [3.8, 4) is 0 Å². The Morgan fingerprint density at radius 1 is 1.15 bits per heavy atom. The molecule has 0 atom stereocenters. The van der Waals surface area contributed by atoms with Crippen molar-refractivity contribution in [1.29, 1.82) is 0 Å². The Morgan fingerprint density at radius 3 is 2.58 bits per heavy atom. The molecule has 0 aliphatic heterocycles. The normalized spacial score (nSPS) is 11.7. The molecular formula is C23H26N2O7S. The van der Waals surface area contributed by atoms with Crippen molar-refractivity contribution in [3.63, 3.8) is 0 Å². The molecule has 0 radical (unpaired) electrons. The predicted octanol–water partition coefficient (Wildman–Crippen LogP) is 2.37. The first-order valence-corrected chi connectivity index (χ1v) is 11.8. The number of carbonyl (C=O) groups excluding carboxylic acids is 1. The van der Waals surface area contributed by atoms with Gasteiger partial charge in [-0.05, 0) is 36.2 Å². The van der Waals surface area contributed by atoms with Gasteiger partial charge in [0, 0.05) is 43.3 Å². The lowest BCUT2D eigenvalue weighted by Crippen LogP contribution is -2.23. The van der Waals surface area contributed by atoms with Crippen molar-refractivity contribution in [3.05, 3.63) is 69.6 Å². The van der Waals surface area contributed by atoms with E-state index in [0.717, 1.165) is 16.3 Å². The number of rotatable bonds is 9. The zero-order chi connectivity index (χ0) is 24.2. The molecule has 3 aromatic rings. The van der Waals surface area contributed by atoms with E-state index in [9.17, 15) is 18.0 Å². The summed E-state index contributed by atoms with van der Waals surface area (Å²) >= 11 is 0. The molecule has 33 heavy (non-hydrogen) atoms. The third kappa shape index (κ3) is 5.41. The van der Waals surface area contributed by atoms with Gasteiger partial charge in [-0.1, -0.05) is 19.1 Å². The molecule has 0 bridgehead atoms. The lowest BCUT2D eigenvalue weighted by molar-refractivity contribution is 0.0474. The first-order chi connectivity index (χ1) is 15.7. The predicted molar refractivity (Wildman–Crippen MR) is 124 cm³/mol. The molecule has 1 aromatic heterocycles. The average molecular weight is 475 g/mol. The summed E-state index contributed by atoms with van der Waals surface area (Å²) < 4.78 is 36.8. The Labute approximate surface area is 191 Å². The number of aryl methyl sites for hydroxylation is 1. The highest BCUT2D eigenvalue weighted by molar-refractivity contribution is 7.89. The molecule has 0 saturated carbocycles. The standard InChI is InChI=1S/C23H26N2O7S/c1-4-15-5-7-18-16(12-22(27)32-21(18)11-15)14-31-23(28)19-13-17(33(29,30)25(2)3)6-8-20(19)24-9-10-26/h5-8,11-13,24,26H,4,9-10,14H2,1-3H3. The smallest absolute Gasteiger partial charge is 0.340 e. The van der Waals surface area contributed by atoms with Gasteiger partial charge in [0.2, 0.25) is 10.0 Å². The number of ether oxygens (including phenoxy) is 1. The van der Waals surface area contributed by atoms with Crippen molar-refractivity contribution < 1.29 is 27.5 Å². The van der Waals surface area contributed by atoms with Crippen LogP contribution in [-0.2, 0) is 27.8 Å². The van der Waals surface area contributed by atoms with E-state index >= 15 is 0 Å². The maximum Gasteiger partial charge on any atom is 0.340 e. The van der Waals surface area contributed by atoms with Crippen LogP contribution in [-0.4, -0.2) is 51.0 Å². The SMILES string of the molecule is CCc1ccc2c(COC(=O)c3cc(S(=O)(=O)N(C)C)ccc3NCCO)cc(=O)oc2c1. The van der Waals surface area contributed by atoms with Crippen LogP contribution >= 0.6 is 0 Å². The second-order valence-corrected chi connectivity index (χ2v) is 9.65. The van der Waals surface area contributed by atoms with Gasteiger partial charge in [0.1, 0.15) is 12.2 Å². The van der Waals surface area contributed by atoms with Gasteiger partial charge in [0.05, 0.1) is 17.1 Å². The van der Waals surface area contributed by atoms with Crippen LogP contribution in [0.15, 0.2) is 56.6 Å². The van der Waals surface area contributed by atoms with Crippen LogP contribution in [0.5, 0.6) is 0 Å². The average Bonchev–Trinajstić information content (AvgIpc) is 2.80. The van der Waals surface area contributed by atoms with Gasteiger partial charge in [-0.3, -0.25) is 0 Å². The minimum Gasteiger partial charge on any atom is -0.457 e. The van der Waals surface area contributed by atoms with Crippen LogP contribution < -0.4 is 10.9 Å². The number of sulfonamides is 1. The molecule has 1 heterocycles. The molecule has 0 aliphatic carbocycles. The van der Waals surface area contributed by atoms with Gasteiger partial charge >= 0.3 is 11.6 Å². The van der Waals surface area contributed by atoms with Crippen LogP contribution in [0, 0.1) is 0 Å². The van der Waals surface area contributed by atoms with Gasteiger partial charge in [-0.15, -0.1) is 0 Å². The Kier molecular flexibility index (Phi) is 7.52. The van der Waals surface area contributed by atoms with E-state index in [1.165, 1.54) is 38.4 Å². The summed E-state index contributed by atoms with van der Waals surface area (Å²) in [5.74, 6) is -0.780. The highest BCUT2D eigenvalue weighted by Crippen LogP contribution is 2.25. The molecule has 10 heteroatoms. The lowest BCUT2D eigenvalue weighted by atomic mass is 10.1. The van der Waals surface area contributed by atoms with Gasteiger partial charge in [-0.2, -0.15) is 0 Å². The second kappa shape index (κ2) is 10.2. The summed E-state index contributed by atoms with van der Waals surface area (Å²) in [6.45, 7) is 1.75. The van der Waals surface area contributed by atoms with E-state index in [-0.39, 0.29) is 30.2 Å². The number of esters is 1. The Balaban J connectivity index is 1.94. The third-order valence-electron chi connectivity index (χ3n) is 5.08. The molecule has 2 aromatic carbocycles. The van der Waals surface area contributed by atoms with E-state index in [1.807, 2.05) is 13.0 Å². The molecule has 9 nitrogen and oxygen atoms in total. The Bertz CT molecular complexity index is 1330. The van der Waals surface area contributed by atoms with E-state index in [0.29, 0.717) is 22.2 Å². The summed E-state index contributed by atoms with van der Waals surface area (Å²) in [5.41, 5.74) is 1.62. The minimum atomic E-state index is -3.78. The monoisotopic (exact) mass is 474 g/mol. The molecule has 3 rings (SSSR count). The van der Waals surface area contributed by atoms with Crippen LogP contribution in [0.3, 0.4) is 0 Å². The fourth-order valence-corrected chi connectivity index (χ4v) is 4.17. The minimum absolute atomic E-state index is 0.00749. The first-order valence-electron chi connectivity index (χ1n) is 10.3. The van der Waals surface area contributed by atoms with Crippen molar-refractivity contribution in [2.24, 2.45) is 0 Å². The van der Waals surface area contributed by atoms with E-state index in [2.05, 4.69) is 5.32 Å². The number of hydrogen-bond donors (Lipinski definition) is 2. The highest BCUT2D eigenvalue weighted by atomic mass is 32.2. The van der Waals surface area contributed by atoms with E-state index < -0.39 is 21.6 Å². The first kappa shape index (κ1) is 24.4. The number of nitrogens with one attached hydrogen (secondary N) is 1. The number of benzene rings is 2. The summed E-state index contributed by atoms with van der Waals surface area (Å²) in [6, 6.07) is 10.8. The Hall–Kier alpha value is -3.21. The maximum absolute atomic E-state index is 12.9. The molecule has 0 aliphatic rings. The fourth-order valence-electron chi connectivity index (χ4n) is 3.24. The summed E-state index contributed by atoms with van der Waals surface area (Å²) in [6.07, 6.45) is 0.772. The zero-order valence-electron chi connectivity index (χ0n) is 18.6. The summed E-state index contributed by atoms with van der Waals surface area (Å²) in [4.78, 5) is 24.9. The topological polar surface area (TPSA) is 126 Å². The lowest BCUT2D eigenvalue weighted by Gasteiger charge is -2.16. The molecular weight excluding hydrogens is 448 g/mol. The van der Waals surface area contributed by atoms with Gasteiger partial charge < -0.3 is 19.6 Å².